The van der Waals surface area contributed by atoms with Gasteiger partial charge in [0.25, 0.3) is 0 Å². The number of amides is 12. The second-order valence-electron chi connectivity index (χ2n) is 36.6. The number of carboxylic acid groups (broad SMARTS) is 2. The van der Waals surface area contributed by atoms with E-state index in [1.54, 1.807) is 126 Å². The predicted molar refractivity (Wildman–Crippen MR) is 510 cm³/mol. The number of carbonyl (C=O) groups is 17. The van der Waals surface area contributed by atoms with E-state index in [1.807, 2.05) is 0 Å². The first-order chi connectivity index (χ1) is 66.4. The molecule has 2 aliphatic heterocycles. The largest absolute Gasteiger partial charge is 0.508 e. The number of para-hydroxylation sites is 1. The smallest absolute Gasteiger partial charge is 0.304 e. The number of Topliss-reactive ketones (excluding diaryl/α,β-unsaturated/α-hetero) is 3. The quantitative estimate of drug-likeness (QED) is 0.0267. The van der Waals surface area contributed by atoms with Crippen molar-refractivity contribution in [3.63, 3.8) is 0 Å². The number of unbranched alkanes of at least 4 members (excludes halogenated alkanes) is 1. The number of H-pyrrole nitrogens is 1. The van der Waals surface area contributed by atoms with E-state index in [-0.39, 0.29) is 49.2 Å². The lowest BCUT2D eigenvalue weighted by Gasteiger charge is -2.38. The number of aromatic nitrogens is 1. The second-order valence-corrected chi connectivity index (χ2v) is 37.6. The summed E-state index contributed by atoms with van der Waals surface area (Å²) < 4.78 is 45.2. The maximum absolute atomic E-state index is 15.8. The zero-order valence-corrected chi connectivity index (χ0v) is 80.4. The summed E-state index contributed by atoms with van der Waals surface area (Å²) in [6.45, 7) is 7.78. The minimum Gasteiger partial charge on any atom is -0.508 e. The van der Waals surface area contributed by atoms with Crippen LogP contribution in [-0.2, 0) is 120 Å². The average Bonchev–Trinajstić information content (AvgIpc) is 1.54. The van der Waals surface area contributed by atoms with E-state index in [2.05, 4.69) is 36.9 Å². The van der Waals surface area contributed by atoms with Crippen LogP contribution in [0.1, 0.15) is 145 Å². The third-order valence-corrected chi connectivity index (χ3v) is 26.3. The molecule has 35 nitrogen and oxygen atoms in total. The van der Waals surface area contributed by atoms with Gasteiger partial charge in [0, 0.05) is 146 Å². The number of aliphatic hydroxyl groups is 1. The number of halogens is 3. The molecule has 2 saturated heterocycles. The number of likely N-dealkylation sites (N-methyl/N-ethyl adjacent to an activating group) is 4. The van der Waals surface area contributed by atoms with E-state index >= 15 is 66.3 Å². The first kappa shape index (κ1) is 110. The minimum absolute atomic E-state index is 0.117. The van der Waals surface area contributed by atoms with Crippen LogP contribution in [0.25, 0.3) is 10.9 Å². The van der Waals surface area contributed by atoms with Crippen molar-refractivity contribution in [3.05, 3.63) is 203 Å². The van der Waals surface area contributed by atoms with Gasteiger partial charge in [-0.2, -0.15) is 0 Å². The van der Waals surface area contributed by atoms with E-state index in [9.17, 15) is 53.9 Å². The summed E-state index contributed by atoms with van der Waals surface area (Å²) in [4.78, 5) is 261. The molecule has 3 heterocycles. The highest BCUT2D eigenvalue weighted by Gasteiger charge is 2.47. The Labute approximate surface area is 812 Å². The Balaban J connectivity index is 1.17. The Morgan fingerprint density at radius 2 is 0.986 bits per heavy atom. The molecule has 14 N–H and O–H groups in total. The Bertz CT molecular complexity index is 5580. The fourth-order valence-corrected chi connectivity index (χ4v) is 18.3. The van der Waals surface area contributed by atoms with Gasteiger partial charge in [-0.25, -0.2) is 13.2 Å². The van der Waals surface area contributed by atoms with Crippen LogP contribution in [0, 0.1) is 41.1 Å². The molecule has 9 rings (SSSR count). The van der Waals surface area contributed by atoms with Gasteiger partial charge >= 0.3 is 11.9 Å². The lowest BCUT2D eigenvalue weighted by Crippen LogP contribution is -2.61. The van der Waals surface area contributed by atoms with Gasteiger partial charge in [0.1, 0.15) is 71.7 Å². The van der Waals surface area contributed by atoms with Gasteiger partial charge in [0.15, 0.2) is 29.0 Å². The van der Waals surface area contributed by atoms with Crippen LogP contribution in [0.2, 0.25) is 0 Å². The van der Waals surface area contributed by atoms with Crippen molar-refractivity contribution >= 4 is 123 Å². The van der Waals surface area contributed by atoms with Gasteiger partial charge in [0.05, 0.1) is 30.4 Å². The van der Waals surface area contributed by atoms with Crippen molar-refractivity contribution in [3.8, 4) is 11.5 Å². The number of thioether (sulfide) groups is 1. The number of carbonyl (C=O) groups excluding carboxylic acids is 15. The van der Waals surface area contributed by atoms with Crippen LogP contribution >= 0.6 is 11.8 Å². The number of aromatic hydroxyl groups is 2. The van der Waals surface area contributed by atoms with Crippen molar-refractivity contribution < 1.29 is 120 Å². The summed E-state index contributed by atoms with van der Waals surface area (Å²) in [5, 5.41) is 69.9. The van der Waals surface area contributed by atoms with E-state index in [4.69, 9.17) is 5.73 Å². The molecule has 752 valence electrons. The average molecular weight is 1960 g/mol. The Kier molecular flexibility index (Phi) is 40.5. The number of aliphatic carboxylic acids is 2. The highest BCUT2D eigenvalue weighted by molar-refractivity contribution is 8.00. The summed E-state index contributed by atoms with van der Waals surface area (Å²) in [7, 11) is 4.83. The molecule has 6 aromatic carbocycles. The first-order valence-corrected chi connectivity index (χ1v) is 47.6. The molecule has 140 heavy (non-hydrogen) atoms. The van der Waals surface area contributed by atoms with Crippen LogP contribution in [0.15, 0.2) is 152 Å². The molecular weight excluding hydrogens is 1840 g/mol. The van der Waals surface area contributed by atoms with Crippen LogP contribution in [-0.4, -0.2) is 274 Å². The van der Waals surface area contributed by atoms with E-state index in [0.717, 1.165) is 31.5 Å². The van der Waals surface area contributed by atoms with Crippen molar-refractivity contribution in [1.82, 2.24) is 61.4 Å². The third kappa shape index (κ3) is 31.1. The van der Waals surface area contributed by atoms with Gasteiger partial charge in [-0.15, -0.1) is 11.8 Å². The van der Waals surface area contributed by atoms with Gasteiger partial charge < -0.3 is 92.7 Å². The lowest BCUT2D eigenvalue weighted by atomic mass is 9.82. The number of ketones is 3. The number of aliphatic hydroxyl groups excluding tert-OH is 1. The summed E-state index contributed by atoms with van der Waals surface area (Å²) in [5.41, 5.74) is 7.60. The molecular formula is C101H124F3N13O22S. The summed E-state index contributed by atoms with van der Waals surface area (Å²) in [5.74, 6) is -29.0. The van der Waals surface area contributed by atoms with E-state index < -0.39 is 309 Å². The fourth-order valence-electron chi connectivity index (χ4n) is 17.4. The van der Waals surface area contributed by atoms with E-state index in [0.29, 0.717) is 69.0 Å². The molecule has 2 fully saturated rings. The fraction of sp³-hybridized carbons (Fsp3) is 0.455. The SMILES string of the molecule is CCCC[C@H]1C(=O)N2C[C@H](O)C[C@@H]2C(=O)C[C@@H](CC(=O)O)C(=O)C[C@@H](C(C)C)C(=O)N(C)[C@@H](Cc2ccccc2)C(=O)N[C@@H](Cc2ccc(O)cc2)C(=O)N(C)[C@@H](CCC(=O)O)C(=O)N[C@@H](Cc2c[nH]c3ccccc23)C(=O)N[C@@H](Cc2ccc(O)cc2)C(=O)N[C@@H](CC(C)C)C(=O)N[C@H](C(=O)CCC(N)=O)CSCC(=O)N[C@@H](Cc2cc(F)c(F)c(F)c2)C(=O)N(C)[C@@H](Cc2ccccc2)C(=O)N1C. The van der Waals surface area contributed by atoms with Crippen LogP contribution in [0.3, 0.4) is 0 Å². The predicted octanol–water partition coefficient (Wildman–Crippen LogP) is 5.90. The number of fused-ring (bicyclic) bond motifs is 2. The van der Waals surface area contributed by atoms with Crippen LogP contribution < -0.4 is 37.6 Å². The zero-order chi connectivity index (χ0) is 103. The number of aromatic amines is 1. The van der Waals surface area contributed by atoms with Gasteiger partial charge in [0.2, 0.25) is 70.9 Å². The number of primary amides is 1. The van der Waals surface area contributed by atoms with Gasteiger partial charge in [-0.1, -0.05) is 151 Å². The maximum atomic E-state index is 15.8. The minimum atomic E-state index is -1.90. The lowest BCUT2D eigenvalue weighted by molar-refractivity contribution is -0.152. The molecule has 2 aliphatic rings. The Morgan fingerprint density at radius 3 is 1.55 bits per heavy atom. The number of rotatable bonds is 27. The highest BCUT2D eigenvalue weighted by Crippen LogP contribution is 2.32. The molecule has 0 aliphatic carbocycles. The number of hydrogen-bond acceptors (Lipinski definition) is 21. The number of nitrogens with two attached hydrogens (primary N) is 1. The molecule has 1 aromatic heterocycles. The molecule has 7 aromatic rings. The molecule has 0 unspecified atom stereocenters. The Morgan fingerprint density at radius 1 is 0.493 bits per heavy atom. The van der Waals surface area contributed by atoms with Crippen molar-refractivity contribution in [2.24, 2.45) is 29.4 Å². The summed E-state index contributed by atoms with van der Waals surface area (Å²) in [6.07, 6.45) is -7.82. The number of phenolic OH excluding ortho intramolecular Hbond substituents is 2. The number of hydrogen-bond donors (Lipinski definition) is 13. The van der Waals surface area contributed by atoms with E-state index in [1.165, 1.54) is 69.7 Å². The number of carboxylic acids is 2. The number of benzene rings is 6. The third-order valence-electron chi connectivity index (χ3n) is 25.3. The number of nitrogens with one attached hydrogen (secondary N) is 7. The standard InChI is InChI=1S/C101H124F3N13O22S/c1-10-11-26-80-101(139)117-53-67(120)50-81(117)86(123)48-63(49-90(128)129)85(122)51-69(57(4)5)97(135)115(8)82(45-58-20-14-12-15-21-58)96(134)111-77(43-61-29-33-66(119)34-30-61)99(137)113(6)79(35-38-89(126)127)95(133)110-75(47-64-52-106-72-25-19-18-24-68(64)72)94(132)109-74(42-60-27-31-65(118)32-28-60)93(131)108-73(39-56(2)3)92(130)112-78(84(121)36-37-87(105)124)54-140-55-88(125)107-76(44-62-40-70(102)91(104)71(103)41-62)98(136)116(9)83(100(138)114(80)7)46-59-22-16-13-17-23-59/h12-25,27-34,40-41,52,56-57,63,67,69,73-83,106,118-120H,10-11,26,35-39,42-51,53-55H2,1-9H3,(H2,105,124)(H,107,125)(H,108,131)(H,109,132)(H,110,133)(H,111,134)(H,112,130)(H,126,127)(H,128,129)/t63-,67+,69-,73-,74-,75-,76-,77-,78-,79-,80-,81+,82-,83-/m0/s1. The molecule has 0 bridgehead atoms. The summed E-state index contributed by atoms with van der Waals surface area (Å²) in [6, 6.07) is 16.7. The van der Waals surface area contributed by atoms with Gasteiger partial charge in [-0.3, -0.25) is 81.5 Å². The topological polar surface area (TPSA) is 522 Å². The first-order valence-electron chi connectivity index (χ1n) is 46.5. The molecule has 0 saturated carbocycles. The molecule has 39 heteroatoms. The van der Waals surface area contributed by atoms with Gasteiger partial charge in [-0.05, 0) is 107 Å². The number of phenols is 2. The van der Waals surface area contributed by atoms with Crippen molar-refractivity contribution in [1.29, 1.82) is 0 Å². The molecule has 14 atom stereocenters. The van der Waals surface area contributed by atoms with Crippen LogP contribution in [0.4, 0.5) is 13.2 Å². The molecule has 12 amide bonds. The number of nitrogens with zero attached hydrogens (tertiary/aromatic N) is 5. The van der Waals surface area contributed by atoms with Crippen LogP contribution in [0.5, 0.6) is 11.5 Å². The maximum Gasteiger partial charge on any atom is 0.304 e. The molecule has 0 spiro atoms. The van der Waals surface area contributed by atoms with Crippen molar-refractivity contribution in [2.45, 2.75) is 223 Å². The normalized spacial score (nSPS) is 23.2. The zero-order valence-electron chi connectivity index (χ0n) is 79.6. The highest BCUT2D eigenvalue weighted by atomic mass is 32.2. The summed E-state index contributed by atoms with van der Waals surface area (Å²) >= 11 is 0.682. The molecule has 0 radical (unpaired) electrons. The Hall–Kier alpha value is -13.9. The second kappa shape index (κ2) is 51.7. The monoisotopic (exact) mass is 1960 g/mol. The van der Waals surface area contributed by atoms with Crippen molar-refractivity contribution in [2.75, 3.05) is 46.2 Å².